The standard InChI is InChI=1S/C29H31Cl2N3O5S2/c1-4-38-27(36)22-17(3)33-21(16-41-15-14-32-29(40)34-26(35)18-10-7-6-8-11-18)24(28(37)39-5-2)23(22)19-12-9-13-20(30)25(19)31/h6-13,23,33H,4-5,14-16H2,1-3H3,(H2,32,34,35,40). The molecule has 0 saturated heterocycles. The predicted octanol–water partition coefficient (Wildman–Crippen LogP) is 5.37. The van der Waals surface area contributed by atoms with E-state index in [1.54, 1.807) is 63.2 Å². The summed E-state index contributed by atoms with van der Waals surface area (Å²) < 4.78 is 10.8. The first-order valence-corrected chi connectivity index (χ1v) is 15.2. The number of allylic oxidation sites excluding steroid dienone is 1. The molecular weight excluding hydrogens is 605 g/mol. The van der Waals surface area contributed by atoms with Gasteiger partial charge in [-0.15, -0.1) is 0 Å². The van der Waals surface area contributed by atoms with E-state index < -0.39 is 17.9 Å². The van der Waals surface area contributed by atoms with Crippen LogP contribution in [0.4, 0.5) is 0 Å². The average molecular weight is 637 g/mol. The third kappa shape index (κ3) is 8.48. The van der Waals surface area contributed by atoms with Crippen molar-refractivity contribution in [2.24, 2.45) is 0 Å². The van der Waals surface area contributed by atoms with Gasteiger partial charge in [-0.25, -0.2) is 9.59 Å². The number of benzene rings is 2. The third-order valence-corrected chi connectivity index (χ3v) is 8.03. The second kappa shape index (κ2) is 15.8. The van der Waals surface area contributed by atoms with Crippen LogP contribution in [0.3, 0.4) is 0 Å². The average Bonchev–Trinajstić information content (AvgIpc) is 2.94. The summed E-state index contributed by atoms with van der Waals surface area (Å²) in [5, 5.41) is 9.65. The first kappa shape index (κ1) is 32.5. The van der Waals surface area contributed by atoms with Crippen LogP contribution >= 0.6 is 47.2 Å². The van der Waals surface area contributed by atoms with E-state index in [-0.39, 0.29) is 40.4 Å². The Morgan fingerprint density at radius 1 is 0.976 bits per heavy atom. The van der Waals surface area contributed by atoms with Gasteiger partial charge in [0.25, 0.3) is 5.91 Å². The van der Waals surface area contributed by atoms with E-state index >= 15 is 0 Å². The number of hydrogen-bond donors (Lipinski definition) is 3. The fourth-order valence-electron chi connectivity index (χ4n) is 4.21. The third-order valence-electron chi connectivity index (χ3n) is 5.97. The molecule has 0 saturated carbocycles. The number of halogens is 2. The molecule has 0 aromatic heterocycles. The Hall–Kier alpha value is -3.05. The van der Waals surface area contributed by atoms with Gasteiger partial charge < -0.3 is 20.1 Å². The lowest BCUT2D eigenvalue weighted by Gasteiger charge is -2.32. The van der Waals surface area contributed by atoms with E-state index in [4.69, 9.17) is 44.9 Å². The molecule has 1 unspecified atom stereocenters. The smallest absolute Gasteiger partial charge is 0.336 e. The summed E-state index contributed by atoms with van der Waals surface area (Å²) >= 11 is 19.7. The molecule has 3 N–H and O–H groups in total. The second-order valence-electron chi connectivity index (χ2n) is 8.70. The first-order chi connectivity index (χ1) is 19.7. The van der Waals surface area contributed by atoms with Crippen molar-refractivity contribution in [2.75, 3.05) is 31.3 Å². The van der Waals surface area contributed by atoms with Gasteiger partial charge in [-0.05, 0) is 56.8 Å². The Bertz CT molecular complexity index is 1370. The second-order valence-corrected chi connectivity index (χ2v) is 11.0. The zero-order valence-electron chi connectivity index (χ0n) is 22.8. The lowest BCUT2D eigenvalue weighted by Crippen LogP contribution is -2.40. The molecule has 0 fully saturated rings. The number of thiocarbonyl (C=S) groups is 1. The quantitative estimate of drug-likeness (QED) is 0.171. The van der Waals surface area contributed by atoms with E-state index in [0.29, 0.717) is 45.6 Å². The summed E-state index contributed by atoms with van der Waals surface area (Å²) in [7, 11) is 0. The molecule has 0 aliphatic carbocycles. The Morgan fingerprint density at radius 3 is 2.29 bits per heavy atom. The normalized spacial score (nSPS) is 14.7. The molecule has 1 amide bonds. The van der Waals surface area contributed by atoms with Gasteiger partial charge in [0.2, 0.25) is 0 Å². The summed E-state index contributed by atoms with van der Waals surface area (Å²) in [4.78, 5) is 38.8. The molecular formula is C29H31Cl2N3O5S2. The van der Waals surface area contributed by atoms with Gasteiger partial charge in [0.15, 0.2) is 5.11 Å². The van der Waals surface area contributed by atoms with E-state index in [9.17, 15) is 14.4 Å². The number of rotatable bonds is 11. The highest BCUT2D eigenvalue weighted by Gasteiger charge is 2.40. The van der Waals surface area contributed by atoms with Crippen LogP contribution in [0.25, 0.3) is 0 Å². The van der Waals surface area contributed by atoms with Gasteiger partial charge in [0.05, 0.1) is 40.3 Å². The number of nitrogens with one attached hydrogen (secondary N) is 3. The van der Waals surface area contributed by atoms with Crippen molar-refractivity contribution in [1.82, 2.24) is 16.0 Å². The largest absolute Gasteiger partial charge is 0.463 e. The molecule has 1 atom stereocenters. The van der Waals surface area contributed by atoms with Crippen LogP contribution in [0.2, 0.25) is 10.0 Å². The zero-order valence-corrected chi connectivity index (χ0v) is 26.0. The summed E-state index contributed by atoms with van der Waals surface area (Å²) in [5.74, 6) is -1.30. The highest BCUT2D eigenvalue weighted by atomic mass is 35.5. The molecule has 0 spiro atoms. The van der Waals surface area contributed by atoms with Crippen LogP contribution < -0.4 is 16.0 Å². The fourth-order valence-corrected chi connectivity index (χ4v) is 5.65. The Kier molecular flexibility index (Phi) is 12.5. The van der Waals surface area contributed by atoms with Crippen molar-refractivity contribution >= 4 is 70.1 Å². The van der Waals surface area contributed by atoms with Crippen molar-refractivity contribution in [3.63, 3.8) is 0 Å². The molecule has 41 heavy (non-hydrogen) atoms. The maximum atomic E-state index is 13.4. The number of ether oxygens (including phenoxy) is 2. The minimum Gasteiger partial charge on any atom is -0.463 e. The van der Waals surface area contributed by atoms with Crippen LogP contribution in [-0.4, -0.2) is 54.2 Å². The van der Waals surface area contributed by atoms with Gasteiger partial charge >= 0.3 is 11.9 Å². The maximum absolute atomic E-state index is 13.4. The van der Waals surface area contributed by atoms with Gasteiger partial charge in [0, 0.05) is 35.0 Å². The number of esters is 2. The van der Waals surface area contributed by atoms with Crippen LogP contribution in [0.1, 0.15) is 42.6 Å². The molecule has 0 radical (unpaired) electrons. The maximum Gasteiger partial charge on any atom is 0.336 e. The summed E-state index contributed by atoms with van der Waals surface area (Å²) in [6.45, 7) is 5.94. The molecule has 218 valence electrons. The number of dihydropyridines is 1. The van der Waals surface area contributed by atoms with E-state index in [1.807, 2.05) is 6.07 Å². The van der Waals surface area contributed by atoms with Crippen LogP contribution in [0.15, 0.2) is 71.1 Å². The van der Waals surface area contributed by atoms with Gasteiger partial charge in [-0.1, -0.05) is 53.5 Å². The monoisotopic (exact) mass is 635 g/mol. The summed E-state index contributed by atoms with van der Waals surface area (Å²) in [5.41, 5.74) is 2.64. The van der Waals surface area contributed by atoms with Crippen molar-refractivity contribution in [1.29, 1.82) is 0 Å². The van der Waals surface area contributed by atoms with Crippen molar-refractivity contribution < 1.29 is 23.9 Å². The topological polar surface area (TPSA) is 106 Å². The Labute approximate surface area is 259 Å². The zero-order chi connectivity index (χ0) is 29.9. The number of amides is 1. The van der Waals surface area contributed by atoms with Crippen molar-refractivity contribution in [3.8, 4) is 0 Å². The van der Waals surface area contributed by atoms with Gasteiger partial charge in [-0.2, -0.15) is 11.8 Å². The minimum absolute atomic E-state index is 0.145. The lowest BCUT2D eigenvalue weighted by atomic mass is 9.80. The summed E-state index contributed by atoms with van der Waals surface area (Å²) in [6.07, 6.45) is 0. The van der Waals surface area contributed by atoms with Gasteiger partial charge in [0.1, 0.15) is 0 Å². The molecule has 2 aromatic rings. The number of thioether (sulfide) groups is 1. The molecule has 0 bridgehead atoms. The number of hydrogen-bond acceptors (Lipinski definition) is 8. The Balaban J connectivity index is 1.79. The minimum atomic E-state index is -0.852. The van der Waals surface area contributed by atoms with E-state index in [2.05, 4.69) is 16.0 Å². The summed E-state index contributed by atoms with van der Waals surface area (Å²) in [6, 6.07) is 13.9. The van der Waals surface area contributed by atoms with Crippen molar-refractivity contribution in [3.05, 3.63) is 92.2 Å². The molecule has 1 heterocycles. The van der Waals surface area contributed by atoms with Gasteiger partial charge in [-0.3, -0.25) is 10.1 Å². The van der Waals surface area contributed by atoms with Crippen LogP contribution in [0.5, 0.6) is 0 Å². The van der Waals surface area contributed by atoms with Crippen LogP contribution in [-0.2, 0) is 19.1 Å². The molecule has 1 aliphatic rings. The fraction of sp³-hybridized carbons (Fsp3) is 0.310. The van der Waals surface area contributed by atoms with Crippen molar-refractivity contribution in [2.45, 2.75) is 26.7 Å². The highest BCUT2D eigenvalue weighted by Crippen LogP contribution is 2.44. The first-order valence-electron chi connectivity index (χ1n) is 12.9. The molecule has 12 heteroatoms. The predicted molar refractivity (Wildman–Crippen MR) is 167 cm³/mol. The number of carbonyl (C=O) groups excluding carboxylic acids is 3. The molecule has 3 rings (SSSR count). The molecule has 8 nitrogen and oxygen atoms in total. The lowest BCUT2D eigenvalue weighted by molar-refractivity contribution is -0.139. The molecule has 2 aromatic carbocycles. The van der Waals surface area contributed by atoms with Crippen LogP contribution in [0, 0.1) is 0 Å². The molecule has 1 aliphatic heterocycles. The van der Waals surface area contributed by atoms with E-state index in [1.165, 1.54) is 11.8 Å². The SMILES string of the molecule is CCOC(=O)C1=C(C)NC(CSCCNC(=S)NC(=O)c2ccccc2)=C(C(=O)OCC)C1c1cccc(Cl)c1Cl. The Morgan fingerprint density at radius 2 is 1.63 bits per heavy atom. The highest BCUT2D eigenvalue weighted by molar-refractivity contribution is 7.99. The number of carbonyl (C=O) groups is 3. The van der Waals surface area contributed by atoms with E-state index in [0.717, 1.165) is 0 Å².